The highest BCUT2D eigenvalue weighted by molar-refractivity contribution is 6.63. The Bertz CT molecular complexity index is 680. The van der Waals surface area contributed by atoms with E-state index in [-0.39, 0.29) is 11.2 Å². The zero-order chi connectivity index (χ0) is 15.4. The monoisotopic (exact) mass is 289 g/mol. The molecule has 1 aliphatic rings. The molecule has 1 aromatic carbocycles. The molecule has 2 heterocycles. The molecular formula is C14H20BN3O3. The number of ether oxygens (including phenoxy) is 1. The van der Waals surface area contributed by atoms with E-state index in [1.165, 1.54) is 0 Å². The van der Waals surface area contributed by atoms with Crippen LogP contribution in [0, 0.1) is 0 Å². The van der Waals surface area contributed by atoms with Crippen molar-refractivity contribution in [2.75, 3.05) is 7.11 Å². The quantitative estimate of drug-likeness (QED) is 0.779. The molecule has 2 aromatic rings. The van der Waals surface area contributed by atoms with Gasteiger partial charge in [0.2, 0.25) is 0 Å². The third-order valence-corrected chi connectivity index (χ3v) is 4.47. The van der Waals surface area contributed by atoms with Gasteiger partial charge in [0.1, 0.15) is 11.3 Å². The Hall–Kier alpha value is -1.60. The lowest BCUT2D eigenvalue weighted by Crippen LogP contribution is -2.41. The molecule has 1 saturated heterocycles. The van der Waals surface area contributed by atoms with E-state index < -0.39 is 7.12 Å². The normalized spacial score (nSPS) is 20.2. The molecule has 112 valence electrons. The van der Waals surface area contributed by atoms with Gasteiger partial charge < -0.3 is 14.0 Å². The first kappa shape index (κ1) is 14.3. The van der Waals surface area contributed by atoms with Gasteiger partial charge in [-0.05, 0) is 33.8 Å². The summed E-state index contributed by atoms with van der Waals surface area (Å²) in [5, 5.41) is 8.13. The summed E-state index contributed by atoms with van der Waals surface area (Å²) in [6.45, 7) is 8.13. The van der Waals surface area contributed by atoms with E-state index in [1.807, 2.05) is 46.9 Å². The fourth-order valence-electron chi connectivity index (χ4n) is 2.41. The number of hydrogen-bond donors (Lipinski definition) is 0. The number of aromatic nitrogens is 3. The van der Waals surface area contributed by atoms with Crippen molar-refractivity contribution in [3.05, 3.63) is 12.1 Å². The summed E-state index contributed by atoms with van der Waals surface area (Å²) >= 11 is 0. The Morgan fingerprint density at radius 1 is 1.14 bits per heavy atom. The SMILES string of the molecule is COc1cc2nnn(C)c2cc1B1OC(C)(C)C(C)(C)O1. The average Bonchev–Trinajstić information content (AvgIpc) is 2.86. The van der Waals surface area contributed by atoms with Gasteiger partial charge in [-0.1, -0.05) is 5.21 Å². The van der Waals surface area contributed by atoms with Crippen molar-refractivity contribution >= 4 is 23.6 Å². The largest absolute Gasteiger partial charge is 0.498 e. The summed E-state index contributed by atoms with van der Waals surface area (Å²) in [6, 6.07) is 3.83. The molecule has 1 fully saturated rings. The third-order valence-electron chi connectivity index (χ3n) is 4.47. The summed E-state index contributed by atoms with van der Waals surface area (Å²) < 4.78 is 19.4. The van der Waals surface area contributed by atoms with Crippen LogP contribution in [-0.4, -0.2) is 40.4 Å². The molecule has 1 aliphatic heterocycles. The number of nitrogens with zero attached hydrogens (tertiary/aromatic N) is 3. The summed E-state index contributed by atoms with van der Waals surface area (Å²) in [5.41, 5.74) is 1.79. The van der Waals surface area contributed by atoms with Gasteiger partial charge in [-0.2, -0.15) is 0 Å². The molecule has 3 rings (SSSR count). The molecule has 1 aromatic heterocycles. The number of rotatable bonds is 2. The van der Waals surface area contributed by atoms with E-state index in [4.69, 9.17) is 14.0 Å². The average molecular weight is 289 g/mol. The van der Waals surface area contributed by atoms with Crippen LogP contribution in [0.4, 0.5) is 0 Å². The van der Waals surface area contributed by atoms with Gasteiger partial charge in [-0.3, -0.25) is 0 Å². The Morgan fingerprint density at radius 2 is 1.76 bits per heavy atom. The molecule has 0 spiro atoms. The molecule has 0 aliphatic carbocycles. The molecule has 0 saturated carbocycles. The van der Waals surface area contributed by atoms with Crippen LogP contribution in [0.5, 0.6) is 5.75 Å². The smallest absolute Gasteiger partial charge is 0.497 e. The molecular weight excluding hydrogens is 269 g/mol. The fourth-order valence-corrected chi connectivity index (χ4v) is 2.41. The van der Waals surface area contributed by atoms with Gasteiger partial charge in [0.05, 0.1) is 23.8 Å². The maximum Gasteiger partial charge on any atom is 0.498 e. The molecule has 0 atom stereocenters. The van der Waals surface area contributed by atoms with E-state index in [0.717, 1.165) is 16.5 Å². The minimum absolute atomic E-state index is 0.387. The van der Waals surface area contributed by atoms with Gasteiger partial charge >= 0.3 is 7.12 Å². The molecule has 6 nitrogen and oxygen atoms in total. The van der Waals surface area contributed by atoms with Crippen molar-refractivity contribution in [2.45, 2.75) is 38.9 Å². The molecule has 0 bridgehead atoms. The highest BCUT2D eigenvalue weighted by atomic mass is 16.7. The van der Waals surface area contributed by atoms with Gasteiger partial charge in [0.25, 0.3) is 0 Å². The predicted octanol–water partition coefficient (Wildman–Crippen LogP) is 1.28. The maximum absolute atomic E-state index is 6.11. The fraction of sp³-hybridized carbons (Fsp3) is 0.571. The topological polar surface area (TPSA) is 58.4 Å². The Labute approximate surface area is 124 Å². The first-order valence-corrected chi connectivity index (χ1v) is 6.98. The lowest BCUT2D eigenvalue weighted by atomic mass is 9.78. The van der Waals surface area contributed by atoms with Crippen LogP contribution in [0.3, 0.4) is 0 Å². The Morgan fingerprint density at radius 3 is 2.33 bits per heavy atom. The van der Waals surface area contributed by atoms with Crippen molar-refractivity contribution in [3.63, 3.8) is 0 Å². The summed E-state index contributed by atoms with van der Waals surface area (Å²) in [5.74, 6) is 0.696. The van der Waals surface area contributed by atoms with Crippen molar-refractivity contribution in [3.8, 4) is 5.75 Å². The van der Waals surface area contributed by atoms with Crippen LogP contribution in [0.2, 0.25) is 0 Å². The van der Waals surface area contributed by atoms with E-state index in [0.29, 0.717) is 5.75 Å². The van der Waals surface area contributed by atoms with E-state index in [1.54, 1.807) is 11.8 Å². The summed E-state index contributed by atoms with van der Waals surface area (Å²) in [4.78, 5) is 0. The summed E-state index contributed by atoms with van der Waals surface area (Å²) in [7, 11) is 3.02. The number of fused-ring (bicyclic) bond motifs is 1. The Balaban J connectivity index is 2.10. The van der Waals surface area contributed by atoms with E-state index >= 15 is 0 Å². The lowest BCUT2D eigenvalue weighted by Gasteiger charge is -2.32. The van der Waals surface area contributed by atoms with Gasteiger partial charge in [-0.25, -0.2) is 4.68 Å². The molecule has 0 amide bonds. The zero-order valence-electron chi connectivity index (χ0n) is 13.3. The standard InChI is InChI=1S/C14H20BN3O3/c1-13(2)14(3,4)21-15(20-13)9-7-11-10(8-12(9)19-6)16-17-18(11)5/h7-8H,1-6H3. The van der Waals surface area contributed by atoms with Crippen LogP contribution in [-0.2, 0) is 16.4 Å². The predicted molar refractivity (Wildman–Crippen MR) is 80.8 cm³/mol. The lowest BCUT2D eigenvalue weighted by molar-refractivity contribution is 0.00578. The van der Waals surface area contributed by atoms with Gasteiger partial charge in [0, 0.05) is 18.6 Å². The molecule has 0 unspecified atom stereocenters. The maximum atomic E-state index is 6.11. The molecule has 7 heteroatoms. The third kappa shape index (κ3) is 2.11. The number of methoxy groups -OCH3 is 1. The van der Waals surface area contributed by atoms with Crippen LogP contribution in [0.1, 0.15) is 27.7 Å². The van der Waals surface area contributed by atoms with Crippen LogP contribution in [0.25, 0.3) is 11.0 Å². The second-order valence-corrected chi connectivity index (χ2v) is 6.38. The highest BCUT2D eigenvalue weighted by Gasteiger charge is 2.52. The first-order valence-electron chi connectivity index (χ1n) is 6.98. The molecule has 21 heavy (non-hydrogen) atoms. The van der Waals surface area contributed by atoms with Crippen molar-refractivity contribution < 1.29 is 14.0 Å². The second kappa shape index (κ2) is 4.45. The minimum Gasteiger partial charge on any atom is -0.497 e. The van der Waals surface area contributed by atoms with Gasteiger partial charge in [0.15, 0.2) is 0 Å². The van der Waals surface area contributed by atoms with Crippen LogP contribution in [0.15, 0.2) is 12.1 Å². The number of benzene rings is 1. The first-order chi connectivity index (χ1) is 9.75. The van der Waals surface area contributed by atoms with Crippen LogP contribution < -0.4 is 10.2 Å². The minimum atomic E-state index is -0.468. The zero-order valence-corrected chi connectivity index (χ0v) is 13.3. The van der Waals surface area contributed by atoms with Gasteiger partial charge in [-0.15, -0.1) is 5.10 Å². The molecule has 0 radical (unpaired) electrons. The Kier molecular flexibility index (Phi) is 3.04. The van der Waals surface area contributed by atoms with E-state index in [2.05, 4.69) is 10.3 Å². The summed E-state index contributed by atoms with van der Waals surface area (Å²) in [6.07, 6.45) is 0. The number of aryl methyl sites for hydroxylation is 1. The van der Waals surface area contributed by atoms with Crippen molar-refractivity contribution in [1.29, 1.82) is 0 Å². The van der Waals surface area contributed by atoms with Crippen molar-refractivity contribution in [1.82, 2.24) is 15.0 Å². The van der Waals surface area contributed by atoms with E-state index in [9.17, 15) is 0 Å². The van der Waals surface area contributed by atoms with Crippen LogP contribution >= 0.6 is 0 Å². The second-order valence-electron chi connectivity index (χ2n) is 6.38. The molecule has 0 N–H and O–H groups in total. The number of hydrogen-bond acceptors (Lipinski definition) is 5. The highest BCUT2D eigenvalue weighted by Crippen LogP contribution is 2.37. The van der Waals surface area contributed by atoms with Crippen molar-refractivity contribution in [2.24, 2.45) is 7.05 Å².